The summed E-state index contributed by atoms with van der Waals surface area (Å²) in [6.45, 7) is 1.00. The Labute approximate surface area is 306 Å². The number of aromatic nitrogens is 2. The zero-order chi connectivity index (χ0) is 35.7. The number of nitrogens with one attached hydrogen (secondary N) is 4. The Balaban J connectivity index is 0.000000211. The van der Waals surface area contributed by atoms with Crippen molar-refractivity contribution in [1.29, 1.82) is 0 Å². The van der Waals surface area contributed by atoms with Crippen LogP contribution in [0.4, 0.5) is 27.3 Å². The lowest BCUT2D eigenvalue weighted by Crippen LogP contribution is -2.36. The van der Waals surface area contributed by atoms with Gasteiger partial charge in [-0.3, -0.25) is 19.0 Å². The minimum absolute atomic E-state index is 0.0802. The summed E-state index contributed by atoms with van der Waals surface area (Å²) in [6, 6.07) is 17.5. The Hall–Kier alpha value is -4.26. The van der Waals surface area contributed by atoms with Crippen LogP contribution in [0.1, 0.15) is 12.0 Å². The number of carbonyl (C=O) groups excluding carboxylic acids is 2. The van der Waals surface area contributed by atoms with E-state index in [2.05, 4.69) is 30.0 Å². The van der Waals surface area contributed by atoms with Crippen LogP contribution in [0.5, 0.6) is 0 Å². The number of rotatable bonds is 11. The number of nitrogens with zero attached hydrogens (tertiary/aromatic N) is 3. The first-order valence-corrected chi connectivity index (χ1v) is 20.3. The Kier molecular flexibility index (Phi) is 12.3. The summed E-state index contributed by atoms with van der Waals surface area (Å²) in [7, 11) is -7.40. The number of hydrogen-bond acceptors (Lipinski definition) is 11. The van der Waals surface area contributed by atoms with E-state index >= 15 is 0 Å². The molecule has 19 heteroatoms. The molecule has 4 N–H and O–H groups in total. The molecule has 0 aliphatic carbocycles. The average Bonchev–Trinajstić information content (AvgIpc) is 3.80. The lowest BCUT2D eigenvalue weighted by atomic mass is 10.0. The van der Waals surface area contributed by atoms with E-state index in [4.69, 9.17) is 23.2 Å². The van der Waals surface area contributed by atoms with Crippen molar-refractivity contribution < 1.29 is 26.4 Å². The van der Waals surface area contributed by atoms with E-state index in [-0.39, 0.29) is 34.0 Å². The molecule has 0 spiro atoms. The maximum atomic E-state index is 12.5. The van der Waals surface area contributed by atoms with E-state index in [0.29, 0.717) is 26.7 Å². The third-order valence-electron chi connectivity index (χ3n) is 6.92. The van der Waals surface area contributed by atoms with Gasteiger partial charge in [0, 0.05) is 51.8 Å². The van der Waals surface area contributed by atoms with Crippen molar-refractivity contribution in [2.45, 2.75) is 22.6 Å². The van der Waals surface area contributed by atoms with Gasteiger partial charge in [-0.2, -0.15) is 0 Å². The summed E-state index contributed by atoms with van der Waals surface area (Å²) in [5.41, 5.74) is 3.17. The van der Waals surface area contributed by atoms with Crippen LogP contribution in [0.15, 0.2) is 99.7 Å². The average molecular weight is 795 g/mol. The number of thiazole rings is 2. The minimum atomic E-state index is -3.72. The Morgan fingerprint density at radius 1 is 0.760 bits per heavy atom. The SMILES string of the molecule is O=C(CCl)Nc1ccc(S(=O)(=O)Nc2nccs2)cc1.O=C(CN1CCCc2cc(Cl)ccc21)Nc1ccc(S(=O)(=O)Nc2nccs2)cc1. The monoisotopic (exact) mass is 793 g/mol. The second-order valence-corrected chi connectivity index (χ2v) is 16.3. The number of benzene rings is 3. The van der Waals surface area contributed by atoms with Gasteiger partial charge in [0.25, 0.3) is 20.0 Å². The third kappa shape index (κ3) is 10.1. The van der Waals surface area contributed by atoms with E-state index < -0.39 is 20.0 Å². The van der Waals surface area contributed by atoms with Crippen molar-refractivity contribution in [3.63, 3.8) is 0 Å². The van der Waals surface area contributed by atoms with Gasteiger partial charge < -0.3 is 15.5 Å². The summed E-state index contributed by atoms with van der Waals surface area (Å²) in [5, 5.41) is 9.99. The van der Waals surface area contributed by atoms with Gasteiger partial charge in [-0.1, -0.05) is 11.6 Å². The summed E-state index contributed by atoms with van der Waals surface area (Å²) in [5.74, 6) is -0.691. The van der Waals surface area contributed by atoms with Crippen LogP contribution in [0, 0.1) is 0 Å². The molecular weight excluding hydrogens is 766 g/mol. The number of aryl methyl sites for hydroxylation is 1. The molecule has 1 aliphatic heterocycles. The van der Waals surface area contributed by atoms with Gasteiger partial charge in [-0.15, -0.1) is 34.3 Å². The normalized spacial score (nSPS) is 12.6. The molecule has 5 aromatic rings. The van der Waals surface area contributed by atoms with E-state index in [1.807, 2.05) is 23.1 Å². The fraction of sp³-hybridized carbons (Fsp3) is 0.161. The summed E-state index contributed by atoms with van der Waals surface area (Å²) < 4.78 is 53.6. The molecule has 50 heavy (non-hydrogen) atoms. The van der Waals surface area contributed by atoms with Crippen LogP contribution in [-0.2, 0) is 36.1 Å². The predicted octanol–water partition coefficient (Wildman–Crippen LogP) is 6.11. The summed E-state index contributed by atoms with van der Waals surface area (Å²) >= 11 is 13.8. The van der Waals surface area contributed by atoms with Crippen molar-refractivity contribution in [2.75, 3.05) is 43.9 Å². The van der Waals surface area contributed by atoms with Crippen LogP contribution in [-0.4, -0.2) is 57.6 Å². The molecule has 2 aromatic heterocycles. The number of halogens is 2. The maximum absolute atomic E-state index is 12.5. The van der Waals surface area contributed by atoms with Gasteiger partial charge in [0.05, 0.1) is 16.3 Å². The zero-order valence-corrected chi connectivity index (χ0v) is 30.7. The molecule has 3 heterocycles. The largest absolute Gasteiger partial charge is 0.362 e. The van der Waals surface area contributed by atoms with E-state index in [9.17, 15) is 26.4 Å². The highest BCUT2D eigenvalue weighted by Crippen LogP contribution is 2.29. The molecule has 6 rings (SSSR count). The number of carbonyl (C=O) groups is 2. The van der Waals surface area contributed by atoms with Crippen molar-refractivity contribution in [2.24, 2.45) is 0 Å². The van der Waals surface area contributed by atoms with Crippen LogP contribution < -0.4 is 25.0 Å². The van der Waals surface area contributed by atoms with Gasteiger partial charge in [0.15, 0.2) is 10.3 Å². The van der Waals surface area contributed by atoms with Gasteiger partial charge in [0.1, 0.15) is 5.88 Å². The molecule has 13 nitrogen and oxygen atoms in total. The fourth-order valence-corrected chi connectivity index (χ4v) is 8.55. The highest BCUT2D eigenvalue weighted by atomic mass is 35.5. The van der Waals surface area contributed by atoms with Crippen LogP contribution >= 0.6 is 45.9 Å². The lowest BCUT2D eigenvalue weighted by Gasteiger charge is -2.30. The Morgan fingerprint density at radius 3 is 1.76 bits per heavy atom. The molecule has 1 aliphatic rings. The van der Waals surface area contributed by atoms with Crippen LogP contribution in [0.2, 0.25) is 5.02 Å². The quantitative estimate of drug-likeness (QED) is 0.115. The molecule has 3 aromatic carbocycles. The van der Waals surface area contributed by atoms with Crippen LogP contribution in [0.25, 0.3) is 0 Å². The number of hydrogen-bond donors (Lipinski definition) is 4. The standard InChI is InChI=1S/C20H19ClN4O3S2.C11H10ClN3O3S2/c21-15-3-8-18-14(12-15)2-1-10-25(18)13-19(26)23-16-4-6-17(7-5-16)30(27,28)24-20-22-9-11-29-20;12-7-10(16)14-8-1-3-9(4-2-8)20(17,18)15-11-13-5-6-19-11/h3-9,11-12H,1-2,10,13H2,(H,22,24)(H,23,26);1-6H,7H2,(H,13,15)(H,14,16). The predicted molar refractivity (Wildman–Crippen MR) is 199 cm³/mol. The molecule has 262 valence electrons. The first-order chi connectivity index (χ1) is 23.9. The summed E-state index contributed by atoms with van der Waals surface area (Å²) in [6.07, 6.45) is 4.93. The van der Waals surface area contributed by atoms with Crippen molar-refractivity contribution in [3.05, 3.63) is 100 Å². The lowest BCUT2D eigenvalue weighted by molar-refractivity contribution is -0.115. The van der Waals surface area contributed by atoms with E-state index in [1.54, 1.807) is 22.9 Å². The second kappa shape index (κ2) is 16.6. The van der Waals surface area contributed by atoms with E-state index in [1.165, 1.54) is 71.5 Å². The molecular formula is C31H29Cl2N7O6S4. The highest BCUT2D eigenvalue weighted by Gasteiger charge is 2.20. The second-order valence-electron chi connectivity index (χ2n) is 10.5. The van der Waals surface area contributed by atoms with Gasteiger partial charge in [-0.05, 0) is 85.1 Å². The number of anilines is 5. The number of amides is 2. The minimum Gasteiger partial charge on any atom is -0.362 e. The van der Waals surface area contributed by atoms with Crippen LogP contribution in [0.3, 0.4) is 0 Å². The topological polar surface area (TPSA) is 180 Å². The van der Waals surface area contributed by atoms with Crippen molar-refractivity contribution in [3.8, 4) is 0 Å². The number of alkyl halides is 1. The highest BCUT2D eigenvalue weighted by molar-refractivity contribution is 7.93. The molecule has 0 bridgehead atoms. The summed E-state index contributed by atoms with van der Waals surface area (Å²) in [4.78, 5) is 33.6. The molecule has 0 saturated heterocycles. The molecule has 0 fully saturated rings. The molecule has 0 saturated carbocycles. The smallest absolute Gasteiger partial charge is 0.263 e. The number of fused-ring (bicyclic) bond motifs is 1. The molecule has 0 radical (unpaired) electrons. The molecule has 0 unspecified atom stereocenters. The third-order valence-corrected chi connectivity index (χ3v) is 11.7. The van der Waals surface area contributed by atoms with E-state index in [0.717, 1.165) is 30.6 Å². The number of sulfonamides is 2. The van der Waals surface area contributed by atoms with Gasteiger partial charge >= 0.3 is 0 Å². The first kappa shape index (κ1) is 37.0. The van der Waals surface area contributed by atoms with Crippen molar-refractivity contribution in [1.82, 2.24) is 9.97 Å². The fourth-order valence-electron chi connectivity index (χ4n) is 4.71. The Morgan fingerprint density at radius 2 is 1.28 bits per heavy atom. The van der Waals surface area contributed by atoms with Gasteiger partial charge in [-0.25, -0.2) is 26.8 Å². The maximum Gasteiger partial charge on any atom is 0.263 e. The first-order valence-electron chi connectivity index (χ1n) is 14.7. The van der Waals surface area contributed by atoms with Crippen molar-refractivity contribution >= 4 is 105 Å². The van der Waals surface area contributed by atoms with Gasteiger partial charge in [0.2, 0.25) is 11.8 Å². The molecule has 0 atom stereocenters. The molecule has 2 amide bonds. The zero-order valence-electron chi connectivity index (χ0n) is 25.9. The Bertz CT molecular complexity index is 2130.